The molecule has 3 nitrogen and oxygen atoms in total. The second-order valence-corrected chi connectivity index (χ2v) is 4.60. The Morgan fingerprint density at radius 2 is 1.63 bits per heavy atom. The summed E-state index contributed by atoms with van der Waals surface area (Å²) >= 11 is 0. The molecule has 0 radical (unpaired) electrons. The summed E-state index contributed by atoms with van der Waals surface area (Å²) in [5.41, 5.74) is 4.23. The van der Waals surface area contributed by atoms with Crippen molar-refractivity contribution in [1.29, 1.82) is 0 Å². The largest absolute Gasteiger partial charge is 0.416 e. The van der Waals surface area contributed by atoms with Crippen molar-refractivity contribution in [2.45, 2.75) is 13.8 Å². The maximum absolute atomic E-state index is 5.77. The Balaban J connectivity index is 2.03. The minimum absolute atomic E-state index is 0.557. The van der Waals surface area contributed by atoms with Gasteiger partial charge >= 0.3 is 0 Å². The van der Waals surface area contributed by atoms with Crippen LogP contribution in [-0.4, -0.2) is 10.2 Å². The molecule has 94 valence electrons. The van der Waals surface area contributed by atoms with Crippen LogP contribution in [0.3, 0.4) is 0 Å². The van der Waals surface area contributed by atoms with Crippen molar-refractivity contribution >= 4 is 0 Å². The monoisotopic (exact) mass is 250 g/mol. The Kier molecular flexibility index (Phi) is 2.88. The fourth-order valence-corrected chi connectivity index (χ4v) is 2.04. The molecule has 0 unspecified atom stereocenters. The van der Waals surface area contributed by atoms with Crippen molar-refractivity contribution in [1.82, 2.24) is 10.2 Å². The predicted molar refractivity (Wildman–Crippen MR) is 74.6 cm³/mol. The average molecular weight is 250 g/mol. The van der Waals surface area contributed by atoms with Crippen LogP contribution >= 0.6 is 0 Å². The van der Waals surface area contributed by atoms with E-state index in [2.05, 4.69) is 10.2 Å². The fourth-order valence-electron chi connectivity index (χ4n) is 2.04. The van der Waals surface area contributed by atoms with Gasteiger partial charge in [-0.15, -0.1) is 10.2 Å². The van der Waals surface area contributed by atoms with Gasteiger partial charge < -0.3 is 4.42 Å². The Morgan fingerprint density at radius 1 is 0.842 bits per heavy atom. The first-order chi connectivity index (χ1) is 9.24. The van der Waals surface area contributed by atoms with E-state index in [4.69, 9.17) is 4.42 Å². The van der Waals surface area contributed by atoms with Crippen LogP contribution in [0.25, 0.3) is 22.9 Å². The van der Waals surface area contributed by atoms with Gasteiger partial charge in [-0.3, -0.25) is 0 Å². The Labute approximate surface area is 111 Å². The van der Waals surface area contributed by atoms with Gasteiger partial charge in [-0.2, -0.15) is 0 Å². The molecule has 1 heterocycles. The molecule has 0 aliphatic carbocycles. The molecule has 0 saturated heterocycles. The molecule has 3 rings (SSSR count). The second-order valence-electron chi connectivity index (χ2n) is 4.60. The molecular formula is C16H14N2O. The number of aryl methyl sites for hydroxylation is 2. The van der Waals surface area contributed by atoms with Crippen LogP contribution in [0.5, 0.6) is 0 Å². The molecule has 0 aliphatic rings. The van der Waals surface area contributed by atoms with E-state index >= 15 is 0 Å². The normalized spacial score (nSPS) is 10.6. The molecular weight excluding hydrogens is 236 g/mol. The van der Waals surface area contributed by atoms with E-state index < -0.39 is 0 Å². The van der Waals surface area contributed by atoms with Crippen molar-refractivity contribution in [3.63, 3.8) is 0 Å². The minimum atomic E-state index is 0.557. The third kappa shape index (κ3) is 2.27. The van der Waals surface area contributed by atoms with Gasteiger partial charge in [-0.25, -0.2) is 0 Å². The summed E-state index contributed by atoms with van der Waals surface area (Å²) in [7, 11) is 0. The summed E-state index contributed by atoms with van der Waals surface area (Å²) in [6.07, 6.45) is 0. The number of hydrogen-bond donors (Lipinski definition) is 0. The zero-order chi connectivity index (χ0) is 13.2. The van der Waals surface area contributed by atoms with Crippen LogP contribution in [0.15, 0.2) is 52.9 Å². The number of nitrogens with zero attached hydrogens (tertiary/aromatic N) is 2. The van der Waals surface area contributed by atoms with Gasteiger partial charge in [-0.1, -0.05) is 35.9 Å². The standard InChI is InChI=1S/C16H14N2O/c1-11-6-5-8-13(10-11)15-17-18-16(19-15)14-9-4-3-7-12(14)2/h3-10H,1-2H3. The molecule has 0 saturated carbocycles. The minimum Gasteiger partial charge on any atom is -0.416 e. The molecule has 1 aromatic heterocycles. The summed E-state index contributed by atoms with van der Waals surface area (Å²) in [5.74, 6) is 1.12. The van der Waals surface area contributed by atoms with Gasteiger partial charge in [-0.05, 0) is 37.6 Å². The molecule has 0 spiro atoms. The first-order valence-corrected chi connectivity index (χ1v) is 6.20. The lowest BCUT2D eigenvalue weighted by molar-refractivity contribution is 0.584. The van der Waals surface area contributed by atoms with Crippen LogP contribution < -0.4 is 0 Å². The van der Waals surface area contributed by atoms with E-state index in [0.717, 1.165) is 16.7 Å². The highest BCUT2D eigenvalue weighted by Gasteiger charge is 2.11. The molecule has 19 heavy (non-hydrogen) atoms. The van der Waals surface area contributed by atoms with E-state index in [1.54, 1.807) is 0 Å². The highest BCUT2D eigenvalue weighted by Crippen LogP contribution is 2.26. The number of aromatic nitrogens is 2. The van der Waals surface area contributed by atoms with Gasteiger partial charge in [0.15, 0.2) is 0 Å². The van der Waals surface area contributed by atoms with E-state index in [9.17, 15) is 0 Å². The van der Waals surface area contributed by atoms with Crippen LogP contribution in [-0.2, 0) is 0 Å². The van der Waals surface area contributed by atoms with E-state index in [-0.39, 0.29) is 0 Å². The van der Waals surface area contributed by atoms with Crippen molar-refractivity contribution in [3.8, 4) is 22.9 Å². The third-order valence-corrected chi connectivity index (χ3v) is 3.07. The first-order valence-electron chi connectivity index (χ1n) is 6.20. The molecule has 0 bridgehead atoms. The summed E-state index contributed by atoms with van der Waals surface area (Å²) in [6.45, 7) is 4.08. The number of rotatable bonds is 2. The zero-order valence-corrected chi connectivity index (χ0v) is 10.9. The smallest absolute Gasteiger partial charge is 0.248 e. The summed E-state index contributed by atoms with van der Waals surface area (Å²) in [4.78, 5) is 0. The molecule has 0 atom stereocenters. The van der Waals surface area contributed by atoms with Gasteiger partial charge in [0.25, 0.3) is 0 Å². The predicted octanol–water partition coefficient (Wildman–Crippen LogP) is 4.02. The first kappa shape index (κ1) is 11.7. The van der Waals surface area contributed by atoms with E-state index in [1.165, 1.54) is 5.56 Å². The second kappa shape index (κ2) is 4.69. The Morgan fingerprint density at radius 3 is 2.42 bits per heavy atom. The quantitative estimate of drug-likeness (QED) is 0.689. The van der Waals surface area contributed by atoms with Gasteiger partial charge in [0.05, 0.1) is 0 Å². The maximum atomic E-state index is 5.77. The zero-order valence-electron chi connectivity index (χ0n) is 10.9. The molecule has 0 aliphatic heterocycles. The van der Waals surface area contributed by atoms with Crippen molar-refractivity contribution < 1.29 is 4.42 Å². The van der Waals surface area contributed by atoms with E-state index in [1.807, 2.05) is 62.4 Å². The topological polar surface area (TPSA) is 38.9 Å². The Hall–Kier alpha value is -2.42. The van der Waals surface area contributed by atoms with Crippen LogP contribution in [0.2, 0.25) is 0 Å². The van der Waals surface area contributed by atoms with E-state index in [0.29, 0.717) is 11.8 Å². The lowest BCUT2D eigenvalue weighted by Gasteiger charge is -1.99. The summed E-state index contributed by atoms with van der Waals surface area (Å²) in [5, 5.41) is 8.27. The maximum Gasteiger partial charge on any atom is 0.248 e. The SMILES string of the molecule is Cc1cccc(-c2nnc(-c3ccccc3C)o2)c1. The molecule has 3 aromatic rings. The lowest BCUT2D eigenvalue weighted by atomic mass is 10.1. The summed E-state index contributed by atoms with van der Waals surface area (Å²) < 4.78 is 5.77. The average Bonchev–Trinajstić information content (AvgIpc) is 2.89. The van der Waals surface area contributed by atoms with Crippen molar-refractivity contribution in [2.24, 2.45) is 0 Å². The summed E-state index contributed by atoms with van der Waals surface area (Å²) in [6, 6.07) is 16.0. The Bertz CT molecular complexity index is 716. The van der Waals surface area contributed by atoms with Crippen LogP contribution in [0.1, 0.15) is 11.1 Å². The lowest BCUT2D eigenvalue weighted by Crippen LogP contribution is -1.81. The highest BCUT2D eigenvalue weighted by atomic mass is 16.4. The fraction of sp³-hybridized carbons (Fsp3) is 0.125. The molecule has 0 fully saturated rings. The van der Waals surface area contributed by atoms with Crippen LogP contribution in [0, 0.1) is 13.8 Å². The van der Waals surface area contributed by atoms with Crippen LogP contribution in [0.4, 0.5) is 0 Å². The molecule has 3 heteroatoms. The molecule has 2 aromatic carbocycles. The van der Waals surface area contributed by atoms with Gasteiger partial charge in [0.2, 0.25) is 11.8 Å². The molecule has 0 N–H and O–H groups in total. The van der Waals surface area contributed by atoms with Gasteiger partial charge in [0.1, 0.15) is 0 Å². The molecule has 0 amide bonds. The van der Waals surface area contributed by atoms with Gasteiger partial charge in [0, 0.05) is 11.1 Å². The van der Waals surface area contributed by atoms with Crippen molar-refractivity contribution in [3.05, 3.63) is 59.7 Å². The third-order valence-electron chi connectivity index (χ3n) is 3.07. The number of hydrogen-bond acceptors (Lipinski definition) is 3. The number of benzene rings is 2. The highest BCUT2D eigenvalue weighted by molar-refractivity contribution is 5.61. The van der Waals surface area contributed by atoms with Crippen molar-refractivity contribution in [2.75, 3.05) is 0 Å².